The highest BCUT2D eigenvalue weighted by Gasteiger charge is 2.21. The van der Waals surface area contributed by atoms with E-state index >= 15 is 0 Å². The Hall–Kier alpha value is -2.60. The van der Waals surface area contributed by atoms with Gasteiger partial charge in [-0.2, -0.15) is 0 Å². The van der Waals surface area contributed by atoms with E-state index in [1.165, 1.54) is 4.88 Å². The molecule has 4 rings (SSSR count). The minimum atomic E-state index is 0.147. The Morgan fingerprint density at radius 3 is 3.04 bits per heavy atom. The van der Waals surface area contributed by atoms with Crippen LogP contribution in [0.5, 0.6) is 0 Å². The number of nitrogens with zero attached hydrogens (tertiary/aromatic N) is 3. The number of ketones is 1. The molecule has 1 aromatic carbocycles. The third kappa shape index (κ3) is 2.92. The van der Waals surface area contributed by atoms with Gasteiger partial charge in [0.1, 0.15) is 11.5 Å². The summed E-state index contributed by atoms with van der Waals surface area (Å²) >= 11 is 1.68. The van der Waals surface area contributed by atoms with E-state index < -0.39 is 0 Å². The van der Waals surface area contributed by atoms with Crippen molar-refractivity contribution in [1.82, 2.24) is 15.0 Å². The van der Waals surface area contributed by atoms with Gasteiger partial charge in [-0.1, -0.05) is 12.1 Å². The van der Waals surface area contributed by atoms with Crippen molar-refractivity contribution in [1.29, 1.82) is 0 Å². The van der Waals surface area contributed by atoms with Gasteiger partial charge in [0.15, 0.2) is 0 Å². The van der Waals surface area contributed by atoms with Gasteiger partial charge in [0.2, 0.25) is 5.95 Å². The molecule has 5 nitrogen and oxygen atoms in total. The Labute approximate surface area is 143 Å². The number of anilines is 2. The topological polar surface area (TPSA) is 67.8 Å². The lowest BCUT2D eigenvalue weighted by atomic mass is 10.00. The second-order valence-electron chi connectivity index (χ2n) is 5.90. The standard InChI is InChI=1S/C18H16N4OS/c1-11(23)7-12-3-2-4-14(8-12)21-18-19-9-13-5-6-15-17(16(13)22-18)20-10-24-15/h2-4,8-10H,5-7H2,1H3,(H,19,21,22). The van der Waals surface area contributed by atoms with Crippen molar-refractivity contribution in [2.24, 2.45) is 0 Å². The minimum absolute atomic E-state index is 0.147. The largest absolute Gasteiger partial charge is 0.324 e. The molecule has 0 spiro atoms. The van der Waals surface area contributed by atoms with Crippen LogP contribution in [-0.2, 0) is 24.1 Å². The summed E-state index contributed by atoms with van der Waals surface area (Å²) in [5.41, 5.74) is 6.78. The maximum absolute atomic E-state index is 11.3. The van der Waals surface area contributed by atoms with Gasteiger partial charge in [-0.25, -0.2) is 15.0 Å². The van der Waals surface area contributed by atoms with E-state index in [0.717, 1.165) is 41.0 Å². The second-order valence-corrected chi connectivity index (χ2v) is 6.84. The number of hydrogen-bond donors (Lipinski definition) is 1. The maximum atomic E-state index is 11.3. The highest BCUT2D eigenvalue weighted by atomic mass is 32.1. The number of hydrogen-bond acceptors (Lipinski definition) is 6. The third-order valence-corrected chi connectivity index (χ3v) is 4.88. The van der Waals surface area contributed by atoms with E-state index in [1.54, 1.807) is 18.3 Å². The molecule has 24 heavy (non-hydrogen) atoms. The van der Waals surface area contributed by atoms with Gasteiger partial charge in [0.05, 0.1) is 11.2 Å². The first-order chi connectivity index (χ1) is 11.7. The third-order valence-electron chi connectivity index (χ3n) is 3.99. The molecule has 2 aromatic heterocycles. The number of carbonyl (C=O) groups is 1. The number of aromatic nitrogens is 3. The van der Waals surface area contributed by atoms with Crippen LogP contribution in [0.4, 0.5) is 11.6 Å². The molecule has 1 aliphatic rings. The number of benzene rings is 1. The van der Waals surface area contributed by atoms with E-state index in [-0.39, 0.29) is 5.78 Å². The molecule has 0 fully saturated rings. The van der Waals surface area contributed by atoms with Crippen LogP contribution in [0, 0.1) is 0 Å². The van der Waals surface area contributed by atoms with Crippen LogP contribution in [0.25, 0.3) is 11.4 Å². The Balaban J connectivity index is 1.63. The molecule has 0 amide bonds. The Kier molecular flexibility index (Phi) is 3.82. The quantitative estimate of drug-likeness (QED) is 0.789. The van der Waals surface area contributed by atoms with E-state index in [2.05, 4.69) is 20.3 Å². The van der Waals surface area contributed by atoms with Gasteiger partial charge in [0, 0.05) is 23.2 Å². The fraction of sp³-hybridized carbons (Fsp3) is 0.222. The van der Waals surface area contributed by atoms with Crippen LogP contribution in [0.2, 0.25) is 0 Å². The number of thiazole rings is 1. The molecule has 0 saturated heterocycles. The molecular weight excluding hydrogens is 320 g/mol. The van der Waals surface area contributed by atoms with Crippen LogP contribution in [0.1, 0.15) is 22.9 Å². The van der Waals surface area contributed by atoms with E-state index in [0.29, 0.717) is 12.4 Å². The van der Waals surface area contributed by atoms with Crippen molar-refractivity contribution >= 4 is 28.8 Å². The lowest BCUT2D eigenvalue weighted by molar-refractivity contribution is -0.116. The summed E-state index contributed by atoms with van der Waals surface area (Å²) in [6.07, 6.45) is 4.28. The van der Waals surface area contributed by atoms with E-state index in [1.807, 2.05) is 36.0 Å². The molecule has 0 atom stereocenters. The lowest BCUT2D eigenvalue weighted by Crippen LogP contribution is -2.07. The SMILES string of the molecule is CC(=O)Cc1cccc(Nc2ncc3c(n2)-c2ncsc2CC3)c1. The molecule has 3 aromatic rings. The molecule has 6 heteroatoms. The van der Waals surface area contributed by atoms with Crippen molar-refractivity contribution in [2.45, 2.75) is 26.2 Å². The normalized spacial score (nSPS) is 12.4. The number of carbonyl (C=O) groups excluding carboxylic acids is 1. The first-order valence-corrected chi connectivity index (χ1v) is 8.71. The molecule has 0 unspecified atom stereocenters. The zero-order valence-electron chi connectivity index (χ0n) is 13.2. The predicted octanol–water partition coefficient (Wildman–Crippen LogP) is 3.57. The molecule has 1 N–H and O–H groups in total. The van der Waals surface area contributed by atoms with Crippen LogP contribution >= 0.6 is 11.3 Å². The monoisotopic (exact) mass is 336 g/mol. The summed E-state index contributed by atoms with van der Waals surface area (Å²) < 4.78 is 0. The first-order valence-electron chi connectivity index (χ1n) is 7.83. The molecule has 0 saturated carbocycles. The number of aryl methyl sites for hydroxylation is 2. The average molecular weight is 336 g/mol. The number of Topliss-reactive ketones (excluding diaryl/α,β-unsaturated/α-hetero) is 1. The van der Waals surface area contributed by atoms with Crippen molar-refractivity contribution < 1.29 is 4.79 Å². The van der Waals surface area contributed by atoms with Gasteiger partial charge >= 0.3 is 0 Å². The Bertz CT molecular complexity index is 919. The van der Waals surface area contributed by atoms with Gasteiger partial charge in [-0.05, 0) is 43.0 Å². The molecule has 2 heterocycles. The van der Waals surface area contributed by atoms with Crippen molar-refractivity contribution in [3.8, 4) is 11.4 Å². The molecule has 120 valence electrons. The summed E-state index contributed by atoms with van der Waals surface area (Å²) in [5.74, 6) is 0.697. The van der Waals surface area contributed by atoms with Crippen LogP contribution in [0.3, 0.4) is 0 Å². The van der Waals surface area contributed by atoms with E-state index in [9.17, 15) is 4.79 Å². The minimum Gasteiger partial charge on any atom is -0.324 e. The second kappa shape index (κ2) is 6.13. The van der Waals surface area contributed by atoms with Gasteiger partial charge in [0.25, 0.3) is 0 Å². The highest BCUT2D eigenvalue weighted by Crippen LogP contribution is 2.33. The molecular formula is C18H16N4OS. The highest BCUT2D eigenvalue weighted by molar-refractivity contribution is 7.10. The fourth-order valence-electron chi connectivity index (χ4n) is 2.92. The molecule has 0 aliphatic heterocycles. The number of rotatable bonds is 4. The summed E-state index contributed by atoms with van der Waals surface area (Å²) in [4.78, 5) is 26.1. The van der Waals surface area contributed by atoms with Gasteiger partial charge < -0.3 is 5.32 Å². The zero-order chi connectivity index (χ0) is 16.5. The lowest BCUT2D eigenvalue weighted by Gasteiger charge is -2.15. The van der Waals surface area contributed by atoms with Gasteiger partial charge in [-0.3, -0.25) is 4.79 Å². The smallest absolute Gasteiger partial charge is 0.227 e. The number of fused-ring (bicyclic) bond motifs is 3. The summed E-state index contributed by atoms with van der Waals surface area (Å²) in [5, 5.41) is 3.23. The molecule has 0 bridgehead atoms. The van der Waals surface area contributed by atoms with Crippen molar-refractivity contribution in [3.63, 3.8) is 0 Å². The molecule has 1 aliphatic carbocycles. The average Bonchev–Trinajstić information content (AvgIpc) is 3.03. The predicted molar refractivity (Wildman–Crippen MR) is 94.7 cm³/mol. The van der Waals surface area contributed by atoms with Crippen molar-refractivity contribution in [2.75, 3.05) is 5.32 Å². The summed E-state index contributed by atoms with van der Waals surface area (Å²) in [6, 6.07) is 7.78. The number of nitrogens with one attached hydrogen (secondary N) is 1. The Morgan fingerprint density at radius 2 is 2.17 bits per heavy atom. The summed E-state index contributed by atoms with van der Waals surface area (Å²) in [6.45, 7) is 1.60. The molecule has 0 radical (unpaired) electrons. The van der Waals surface area contributed by atoms with Crippen molar-refractivity contribution in [3.05, 3.63) is 52.0 Å². The van der Waals surface area contributed by atoms with Crippen LogP contribution in [-0.4, -0.2) is 20.7 Å². The zero-order valence-corrected chi connectivity index (χ0v) is 14.1. The maximum Gasteiger partial charge on any atom is 0.227 e. The Morgan fingerprint density at radius 1 is 1.25 bits per heavy atom. The van der Waals surface area contributed by atoms with E-state index in [4.69, 9.17) is 0 Å². The first kappa shape index (κ1) is 15.0. The fourth-order valence-corrected chi connectivity index (χ4v) is 3.69. The van der Waals surface area contributed by atoms with Gasteiger partial charge in [-0.15, -0.1) is 11.3 Å². The van der Waals surface area contributed by atoms with Crippen LogP contribution in [0.15, 0.2) is 36.0 Å². The van der Waals surface area contributed by atoms with Crippen LogP contribution < -0.4 is 5.32 Å². The summed E-state index contributed by atoms with van der Waals surface area (Å²) in [7, 11) is 0.